The summed E-state index contributed by atoms with van der Waals surface area (Å²) in [5.74, 6) is 0. The summed E-state index contributed by atoms with van der Waals surface area (Å²) < 4.78 is 5.46. The molecule has 0 aliphatic heterocycles. The fourth-order valence-corrected chi connectivity index (χ4v) is 1.64. The summed E-state index contributed by atoms with van der Waals surface area (Å²) in [5.41, 5.74) is 3.63. The first-order valence-corrected chi connectivity index (χ1v) is 7.54. The van der Waals surface area contributed by atoms with Gasteiger partial charge in [0, 0.05) is 0 Å². The predicted octanol–water partition coefficient (Wildman–Crippen LogP) is 5.14. The van der Waals surface area contributed by atoms with E-state index in [1.165, 1.54) is 0 Å². The molecule has 22 heavy (non-hydrogen) atoms. The lowest BCUT2D eigenvalue weighted by atomic mass is 9.97. The van der Waals surface area contributed by atoms with Gasteiger partial charge in [-0.15, -0.1) is 5.73 Å². The van der Waals surface area contributed by atoms with E-state index < -0.39 is 5.60 Å². The van der Waals surface area contributed by atoms with Crippen LogP contribution >= 0.6 is 0 Å². The summed E-state index contributed by atoms with van der Waals surface area (Å²) in [7, 11) is 0. The van der Waals surface area contributed by atoms with Crippen LogP contribution in [0, 0.1) is 5.41 Å². The first-order valence-electron chi connectivity index (χ1n) is 7.54. The molecule has 0 atom stereocenters. The summed E-state index contributed by atoms with van der Waals surface area (Å²) in [4.78, 5) is 13.9. The molecule has 0 heterocycles. The van der Waals surface area contributed by atoms with E-state index in [1.807, 2.05) is 57.2 Å². The molecule has 0 saturated heterocycles. The van der Waals surface area contributed by atoms with Crippen LogP contribution in [0.4, 0.5) is 4.79 Å². The van der Waals surface area contributed by atoms with Gasteiger partial charge in [0.05, 0.1) is 12.7 Å². The average Bonchev–Trinajstić information content (AvgIpc) is 2.35. The van der Waals surface area contributed by atoms with Crippen molar-refractivity contribution in [1.29, 1.82) is 0 Å². The highest BCUT2D eigenvalue weighted by Crippen LogP contribution is 2.15. The fraction of sp³-hybridized carbons (Fsp3) is 0.474. The lowest BCUT2D eigenvalue weighted by molar-refractivity contribution is 0.0323. The Kier molecular flexibility index (Phi) is 6.01. The first-order chi connectivity index (χ1) is 10.1. The average molecular weight is 301 g/mol. The Hall–Kier alpha value is -1.99. The molecule has 1 aromatic rings. The fourth-order valence-electron chi connectivity index (χ4n) is 1.64. The maximum Gasteiger partial charge on any atom is 0.415 e. The summed E-state index contributed by atoms with van der Waals surface area (Å²) in [6.07, 6.45) is 3.23. The van der Waals surface area contributed by atoms with Crippen LogP contribution in [0.1, 0.15) is 47.1 Å². The van der Waals surface area contributed by atoms with E-state index in [0.717, 1.165) is 5.56 Å². The van der Waals surface area contributed by atoms with E-state index in [-0.39, 0.29) is 11.5 Å². The molecule has 0 unspecified atom stereocenters. The molecule has 0 fully saturated rings. The number of hydrogen-bond donors (Lipinski definition) is 0. The SMILES string of the molecule is CC(C)(C)C=C=CN(Cc1ccccc1)C(=O)OC(C)(C)C. The lowest BCUT2D eigenvalue weighted by Crippen LogP contribution is -2.33. The van der Waals surface area contributed by atoms with Gasteiger partial charge in [0.15, 0.2) is 0 Å². The second-order valence-electron chi connectivity index (χ2n) is 7.40. The van der Waals surface area contributed by atoms with E-state index in [1.54, 1.807) is 11.1 Å². The van der Waals surface area contributed by atoms with Crippen molar-refractivity contribution in [3.05, 3.63) is 53.9 Å². The maximum atomic E-state index is 12.3. The van der Waals surface area contributed by atoms with Crippen LogP contribution in [0.3, 0.4) is 0 Å². The van der Waals surface area contributed by atoms with Crippen molar-refractivity contribution in [2.45, 2.75) is 53.7 Å². The van der Waals surface area contributed by atoms with E-state index in [2.05, 4.69) is 26.5 Å². The second kappa shape index (κ2) is 7.33. The summed E-state index contributed by atoms with van der Waals surface area (Å²) >= 11 is 0. The third-order valence-corrected chi connectivity index (χ3v) is 2.57. The van der Waals surface area contributed by atoms with E-state index in [4.69, 9.17) is 4.74 Å². The van der Waals surface area contributed by atoms with Crippen LogP contribution in [0.2, 0.25) is 0 Å². The van der Waals surface area contributed by atoms with Gasteiger partial charge in [-0.3, -0.25) is 4.90 Å². The summed E-state index contributed by atoms with van der Waals surface area (Å²) in [6.45, 7) is 12.3. The van der Waals surface area contributed by atoms with Crippen molar-refractivity contribution in [2.24, 2.45) is 5.41 Å². The van der Waals surface area contributed by atoms with Gasteiger partial charge in [0.1, 0.15) is 5.60 Å². The lowest BCUT2D eigenvalue weighted by Gasteiger charge is -2.24. The number of benzene rings is 1. The van der Waals surface area contributed by atoms with Gasteiger partial charge in [0.25, 0.3) is 0 Å². The van der Waals surface area contributed by atoms with Crippen LogP contribution in [-0.2, 0) is 11.3 Å². The quantitative estimate of drug-likeness (QED) is 0.724. The minimum Gasteiger partial charge on any atom is -0.443 e. The standard InChI is InChI=1S/C19H27NO2/c1-18(2,3)13-10-14-20(17(21)22-19(4,5)6)15-16-11-8-7-9-12-16/h7-9,11-14H,15H2,1-6H3. The highest BCUT2D eigenvalue weighted by Gasteiger charge is 2.20. The monoisotopic (exact) mass is 301 g/mol. The molecule has 0 saturated carbocycles. The van der Waals surface area contributed by atoms with Crippen molar-refractivity contribution in [2.75, 3.05) is 0 Å². The van der Waals surface area contributed by atoms with E-state index >= 15 is 0 Å². The minimum absolute atomic E-state index is 0.0167. The Balaban J connectivity index is 2.95. The van der Waals surface area contributed by atoms with Crippen molar-refractivity contribution in [1.82, 2.24) is 4.90 Å². The molecular formula is C19H27NO2. The first kappa shape index (κ1) is 18.1. The number of amides is 1. The van der Waals surface area contributed by atoms with Gasteiger partial charge in [0.2, 0.25) is 0 Å². The third-order valence-electron chi connectivity index (χ3n) is 2.57. The third kappa shape index (κ3) is 7.70. The number of hydrogen-bond acceptors (Lipinski definition) is 2. The largest absolute Gasteiger partial charge is 0.443 e. The van der Waals surface area contributed by atoms with Crippen molar-refractivity contribution in [3.8, 4) is 0 Å². The van der Waals surface area contributed by atoms with E-state index in [0.29, 0.717) is 6.54 Å². The molecule has 3 nitrogen and oxygen atoms in total. The molecule has 1 aromatic carbocycles. The molecule has 0 spiro atoms. The van der Waals surface area contributed by atoms with Crippen LogP contribution in [0.15, 0.2) is 48.3 Å². The number of rotatable bonds is 3. The smallest absolute Gasteiger partial charge is 0.415 e. The molecule has 1 amide bonds. The Morgan fingerprint density at radius 3 is 2.23 bits per heavy atom. The Morgan fingerprint density at radius 1 is 1.14 bits per heavy atom. The van der Waals surface area contributed by atoms with Crippen molar-refractivity contribution < 1.29 is 9.53 Å². The second-order valence-corrected chi connectivity index (χ2v) is 7.40. The maximum absolute atomic E-state index is 12.3. The highest BCUT2D eigenvalue weighted by molar-refractivity contribution is 5.69. The number of nitrogens with zero attached hydrogens (tertiary/aromatic N) is 1. The molecular weight excluding hydrogens is 274 g/mol. The molecule has 1 rings (SSSR count). The molecule has 0 radical (unpaired) electrons. The molecule has 0 aromatic heterocycles. The molecule has 0 aliphatic carbocycles. The predicted molar refractivity (Wildman–Crippen MR) is 90.3 cm³/mol. The molecule has 0 bridgehead atoms. The van der Waals surface area contributed by atoms with Crippen molar-refractivity contribution in [3.63, 3.8) is 0 Å². The van der Waals surface area contributed by atoms with E-state index in [9.17, 15) is 4.79 Å². The van der Waals surface area contributed by atoms with Crippen LogP contribution in [0.5, 0.6) is 0 Å². The van der Waals surface area contributed by atoms with Crippen LogP contribution in [-0.4, -0.2) is 16.6 Å². The van der Waals surface area contributed by atoms with Gasteiger partial charge >= 0.3 is 6.09 Å². The zero-order chi connectivity index (χ0) is 16.8. The van der Waals surface area contributed by atoms with Crippen molar-refractivity contribution >= 4 is 6.09 Å². The molecule has 120 valence electrons. The molecule has 0 aliphatic rings. The highest BCUT2D eigenvalue weighted by atomic mass is 16.6. The molecule has 3 heteroatoms. The topological polar surface area (TPSA) is 29.5 Å². The zero-order valence-electron chi connectivity index (χ0n) is 14.5. The van der Waals surface area contributed by atoms with Crippen LogP contribution in [0.25, 0.3) is 0 Å². The van der Waals surface area contributed by atoms with Gasteiger partial charge in [-0.25, -0.2) is 4.79 Å². The number of carbonyl (C=O) groups is 1. The Morgan fingerprint density at radius 2 is 1.73 bits per heavy atom. The Bertz CT molecular complexity index is 539. The van der Waals surface area contributed by atoms with Gasteiger partial charge in [-0.2, -0.15) is 0 Å². The zero-order valence-corrected chi connectivity index (χ0v) is 14.5. The van der Waals surface area contributed by atoms with Gasteiger partial charge < -0.3 is 4.74 Å². The molecule has 0 N–H and O–H groups in total. The minimum atomic E-state index is -0.520. The number of carbonyl (C=O) groups excluding carboxylic acids is 1. The Labute approximate surface area is 134 Å². The van der Waals surface area contributed by atoms with Gasteiger partial charge in [-0.1, -0.05) is 51.1 Å². The summed E-state index contributed by atoms with van der Waals surface area (Å²) in [5, 5.41) is 0. The normalized spacial score (nSPS) is 11.4. The van der Waals surface area contributed by atoms with Gasteiger partial charge in [-0.05, 0) is 37.8 Å². The number of allylic oxidation sites excluding steroid dienone is 1. The van der Waals surface area contributed by atoms with Crippen LogP contribution < -0.4 is 0 Å². The summed E-state index contributed by atoms with van der Waals surface area (Å²) in [6, 6.07) is 9.84. The number of ether oxygens (including phenoxy) is 1.